The van der Waals surface area contributed by atoms with E-state index >= 15 is 0 Å². The Morgan fingerprint density at radius 3 is 2.84 bits per heavy atom. The van der Waals surface area contributed by atoms with E-state index in [0.29, 0.717) is 17.8 Å². The summed E-state index contributed by atoms with van der Waals surface area (Å²) in [6.45, 7) is 1.03. The van der Waals surface area contributed by atoms with Crippen LogP contribution in [0.15, 0.2) is 28.7 Å². The number of piperidine rings is 1. The molecule has 2 fully saturated rings. The smallest absolute Gasteiger partial charge is 0.246 e. The van der Waals surface area contributed by atoms with Crippen LogP contribution in [0.3, 0.4) is 0 Å². The van der Waals surface area contributed by atoms with Gasteiger partial charge in [0.15, 0.2) is 0 Å². The Morgan fingerprint density at radius 2 is 1.96 bits per heavy atom. The molecule has 1 aromatic heterocycles. The van der Waals surface area contributed by atoms with E-state index in [1.165, 1.54) is 30.5 Å². The maximum Gasteiger partial charge on any atom is 0.246 e. The highest BCUT2D eigenvalue weighted by atomic mass is 79.9. The summed E-state index contributed by atoms with van der Waals surface area (Å²) in [6, 6.07) is 8.17. The maximum atomic E-state index is 12.8. The van der Waals surface area contributed by atoms with Gasteiger partial charge in [0.05, 0.1) is 0 Å². The molecule has 1 aliphatic carbocycles. The lowest BCUT2D eigenvalue weighted by Gasteiger charge is -2.44. The standard InChI is InChI=1S/C18H22BrN5O/c19-15-9-3-2-8-14(15)18-20-22-24(21-18)12-17(25)23-11-5-7-13-6-1-4-10-16(13)23/h2-3,8-9,13,16H,1,4-7,10-12H2/t13-,16+/m0/s1. The van der Waals surface area contributed by atoms with Gasteiger partial charge in [-0.2, -0.15) is 4.80 Å². The van der Waals surface area contributed by atoms with Crippen LogP contribution >= 0.6 is 15.9 Å². The van der Waals surface area contributed by atoms with Gasteiger partial charge in [-0.05, 0) is 48.9 Å². The molecule has 7 heteroatoms. The van der Waals surface area contributed by atoms with Crippen LogP contribution in [0.2, 0.25) is 0 Å². The molecule has 2 aliphatic rings. The number of carbonyl (C=O) groups is 1. The molecule has 4 rings (SSSR count). The summed E-state index contributed by atoms with van der Waals surface area (Å²) in [7, 11) is 0. The third-order valence-electron chi connectivity index (χ3n) is 5.41. The number of hydrogen-bond acceptors (Lipinski definition) is 4. The van der Waals surface area contributed by atoms with Crippen molar-refractivity contribution < 1.29 is 4.79 Å². The lowest BCUT2D eigenvalue weighted by Crippen LogP contribution is -2.50. The topological polar surface area (TPSA) is 63.9 Å². The van der Waals surface area contributed by atoms with Crippen LogP contribution in [0.5, 0.6) is 0 Å². The lowest BCUT2D eigenvalue weighted by atomic mass is 9.78. The quantitative estimate of drug-likeness (QED) is 0.788. The summed E-state index contributed by atoms with van der Waals surface area (Å²) in [5, 5.41) is 12.6. The van der Waals surface area contributed by atoms with Crippen molar-refractivity contribution in [3.05, 3.63) is 28.7 Å². The van der Waals surface area contributed by atoms with Crippen LogP contribution in [0.1, 0.15) is 38.5 Å². The minimum Gasteiger partial charge on any atom is -0.338 e. The van der Waals surface area contributed by atoms with Gasteiger partial charge < -0.3 is 4.90 Å². The van der Waals surface area contributed by atoms with E-state index in [4.69, 9.17) is 0 Å². The van der Waals surface area contributed by atoms with Crippen molar-refractivity contribution in [3.8, 4) is 11.4 Å². The Bertz CT molecular complexity index is 759. The zero-order valence-electron chi connectivity index (χ0n) is 14.1. The fraction of sp³-hybridized carbons (Fsp3) is 0.556. The second kappa shape index (κ2) is 7.23. The molecule has 25 heavy (non-hydrogen) atoms. The summed E-state index contributed by atoms with van der Waals surface area (Å²) < 4.78 is 0.918. The first-order chi connectivity index (χ1) is 12.2. The predicted molar refractivity (Wildman–Crippen MR) is 97.6 cm³/mol. The van der Waals surface area contributed by atoms with E-state index in [1.54, 1.807) is 0 Å². The van der Waals surface area contributed by atoms with Gasteiger partial charge in [0.2, 0.25) is 11.7 Å². The molecule has 0 bridgehead atoms. The van der Waals surface area contributed by atoms with Gasteiger partial charge in [0.1, 0.15) is 6.54 Å². The zero-order valence-corrected chi connectivity index (χ0v) is 15.7. The van der Waals surface area contributed by atoms with E-state index in [9.17, 15) is 4.79 Å². The van der Waals surface area contributed by atoms with Gasteiger partial charge in [-0.15, -0.1) is 10.2 Å². The van der Waals surface area contributed by atoms with Crippen molar-refractivity contribution in [1.82, 2.24) is 25.1 Å². The van der Waals surface area contributed by atoms with Crippen molar-refractivity contribution in [2.45, 2.75) is 51.1 Å². The number of fused-ring (bicyclic) bond motifs is 1. The number of tetrazole rings is 1. The molecule has 1 aromatic carbocycles. The summed E-state index contributed by atoms with van der Waals surface area (Å²) in [6.07, 6.45) is 7.33. The molecule has 132 valence electrons. The number of likely N-dealkylation sites (tertiary alicyclic amines) is 1. The van der Waals surface area contributed by atoms with E-state index in [2.05, 4.69) is 36.2 Å². The first-order valence-electron chi connectivity index (χ1n) is 9.04. The van der Waals surface area contributed by atoms with Crippen LogP contribution < -0.4 is 0 Å². The van der Waals surface area contributed by atoms with E-state index < -0.39 is 0 Å². The zero-order chi connectivity index (χ0) is 17.2. The van der Waals surface area contributed by atoms with E-state index in [0.717, 1.165) is 29.4 Å². The third kappa shape index (κ3) is 3.47. The highest BCUT2D eigenvalue weighted by Gasteiger charge is 2.35. The number of halogens is 1. The molecule has 0 N–H and O–H groups in total. The van der Waals surface area contributed by atoms with E-state index in [-0.39, 0.29) is 12.5 Å². The number of benzene rings is 1. The maximum absolute atomic E-state index is 12.8. The fourth-order valence-corrected chi connectivity index (χ4v) is 4.67. The highest BCUT2D eigenvalue weighted by molar-refractivity contribution is 9.10. The lowest BCUT2D eigenvalue weighted by molar-refractivity contribution is -0.138. The van der Waals surface area contributed by atoms with Gasteiger partial charge >= 0.3 is 0 Å². The molecular formula is C18H22BrN5O. The minimum atomic E-state index is 0.118. The number of rotatable bonds is 3. The highest BCUT2D eigenvalue weighted by Crippen LogP contribution is 2.35. The molecule has 1 aliphatic heterocycles. The molecular weight excluding hydrogens is 382 g/mol. The summed E-state index contributed by atoms with van der Waals surface area (Å²) >= 11 is 3.50. The monoisotopic (exact) mass is 403 g/mol. The Morgan fingerprint density at radius 1 is 1.16 bits per heavy atom. The summed E-state index contributed by atoms with van der Waals surface area (Å²) in [4.78, 5) is 16.3. The molecule has 2 aromatic rings. The molecule has 2 atom stereocenters. The molecule has 1 saturated carbocycles. The van der Waals surface area contributed by atoms with E-state index in [1.807, 2.05) is 24.3 Å². The number of aromatic nitrogens is 4. The number of nitrogens with zero attached hydrogens (tertiary/aromatic N) is 5. The fourth-order valence-electron chi connectivity index (χ4n) is 4.21. The summed E-state index contributed by atoms with van der Waals surface area (Å²) in [5.74, 6) is 1.34. The first-order valence-corrected chi connectivity index (χ1v) is 9.84. The molecule has 1 saturated heterocycles. The Kier molecular flexibility index (Phi) is 4.83. The van der Waals surface area contributed by atoms with Crippen molar-refractivity contribution >= 4 is 21.8 Å². The third-order valence-corrected chi connectivity index (χ3v) is 6.10. The second-order valence-corrected chi connectivity index (χ2v) is 7.82. The average Bonchev–Trinajstić information content (AvgIpc) is 3.09. The van der Waals surface area contributed by atoms with Gasteiger partial charge in [0.25, 0.3) is 0 Å². The molecule has 0 radical (unpaired) electrons. The number of carbonyl (C=O) groups excluding carboxylic acids is 1. The molecule has 2 heterocycles. The first kappa shape index (κ1) is 16.7. The summed E-state index contributed by atoms with van der Waals surface area (Å²) in [5.41, 5.74) is 0.881. The van der Waals surface area contributed by atoms with Crippen LogP contribution in [0.4, 0.5) is 0 Å². The van der Waals surface area contributed by atoms with Gasteiger partial charge in [-0.25, -0.2) is 0 Å². The Labute approximate surface area is 155 Å². The van der Waals surface area contributed by atoms with Crippen LogP contribution in [0.25, 0.3) is 11.4 Å². The molecule has 6 nitrogen and oxygen atoms in total. The molecule has 0 unspecified atom stereocenters. The number of amides is 1. The van der Waals surface area contributed by atoms with Crippen molar-refractivity contribution in [2.24, 2.45) is 5.92 Å². The normalized spacial score (nSPS) is 23.3. The second-order valence-electron chi connectivity index (χ2n) is 6.96. The van der Waals surface area contributed by atoms with Crippen molar-refractivity contribution in [2.75, 3.05) is 6.54 Å². The van der Waals surface area contributed by atoms with Crippen LogP contribution in [-0.2, 0) is 11.3 Å². The SMILES string of the molecule is O=C(Cn1nnc(-c2ccccc2Br)n1)N1CCC[C@@H]2CCCC[C@H]21. The average molecular weight is 404 g/mol. The number of hydrogen-bond donors (Lipinski definition) is 0. The van der Waals surface area contributed by atoms with Gasteiger partial charge in [-0.1, -0.05) is 40.9 Å². The predicted octanol–water partition coefficient (Wildman–Crippen LogP) is 3.28. The van der Waals surface area contributed by atoms with Gasteiger partial charge in [0, 0.05) is 22.6 Å². The molecule has 1 amide bonds. The van der Waals surface area contributed by atoms with Crippen LogP contribution in [-0.4, -0.2) is 43.6 Å². The Balaban J connectivity index is 1.47. The van der Waals surface area contributed by atoms with Gasteiger partial charge in [-0.3, -0.25) is 4.79 Å². The molecule has 0 spiro atoms. The van der Waals surface area contributed by atoms with Crippen molar-refractivity contribution in [1.29, 1.82) is 0 Å². The van der Waals surface area contributed by atoms with Crippen LogP contribution in [0, 0.1) is 5.92 Å². The minimum absolute atomic E-state index is 0.118. The van der Waals surface area contributed by atoms with Crippen molar-refractivity contribution in [3.63, 3.8) is 0 Å². The largest absolute Gasteiger partial charge is 0.338 e. The Hall–Kier alpha value is -1.76.